The molecular formula is C17H23ClN2O2. The molecule has 2 amide bonds. The summed E-state index contributed by atoms with van der Waals surface area (Å²) in [7, 11) is 0. The molecule has 0 saturated carbocycles. The van der Waals surface area contributed by atoms with Crippen LogP contribution < -0.4 is 5.32 Å². The second kappa shape index (κ2) is 8.18. The van der Waals surface area contributed by atoms with Crippen molar-refractivity contribution in [1.82, 2.24) is 10.2 Å². The van der Waals surface area contributed by atoms with Crippen molar-refractivity contribution >= 4 is 23.4 Å². The van der Waals surface area contributed by atoms with Gasteiger partial charge in [0.2, 0.25) is 0 Å². The van der Waals surface area contributed by atoms with Crippen LogP contribution in [0.25, 0.3) is 0 Å². The first-order chi connectivity index (χ1) is 10.6. The molecule has 1 unspecified atom stereocenters. The first-order valence-electron chi connectivity index (χ1n) is 7.95. The van der Waals surface area contributed by atoms with Crippen molar-refractivity contribution in [3.63, 3.8) is 0 Å². The lowest BCUT2D eigenvalue weighted by Crippen LogP contribution is -2.50. The van der Waals surface area contributed by atoms with Crippen molar-refractivity contribution in [3.05, 3.63) is 34.9 Å². The number of piperidine rings is 1. The Morgan fingerprint density at radius 1 is 1.36 bits per heavy atom. The molecule has 1 heterocycles. The third kappa shape index (κ3) is 4.47. The first kappa shape index (κ1) is 16.8. The Labute approximate surface area is 136 Å². The number of nitrogens with one attached hydrogen (secondary N) is 1. The highest BCUT2D eigenvalue weighted by atomic mass is 35.5. The molecular weight excluding hydrogens is 300 g/mol. The van der Waals surface area contributed by atoms with Gasteiger partial charge in [0.15, 0.2) is 0 Å². The molecule has 4 nitrogen and oxygen atoms in total. The number of amides is 2. The highest BCUT2D eigenvalue weighted by molar-refractivity contribution is 6.35. The van der Waals surface area contributed by atoms with Gasteiger partial charge in [-0.3, -0.25) is 9.59 Å². The molecule has 0 aliphatic carbocycles. The lowest BCUT2D eigenvalue weighted by Gasteiger charge is -2.34. The minimum Gasteiger partial charge on any atom is -0.347 e. The van der Waals surface area contributed by atoms with Crippen LogP contribution in [0.1, 0.15) is 38.2 Å². The Hall–Kier alpha value is -1.55. The maximum atomic E-state index is 12.3. The van der Waals surface area contributed by atoms with Crippen LogP contribution in [0.15, 0.2) is 24.3 Å². The van der Waals surface area contributed by atoms with Crippen LogP contribution >= 0.6 is 11.6 Å². The van der Waals surface area contributed by atoms with Gasteiger partial charge in [-0.15, -0.1) is 0 Å². The van der Waals surface area contributed by atoms with E-state index in [9.17, 15) is 9.59 Å². The molecule has 1 atom stereocenters. The Morgan fingerprint density at radius 2 is 2.18 bits per heavy atom. The van der Waals surface area contributed by atoms with E-state index in [4.69, 9.17) is 11.6 Å². The fraction of sp³-hybridized carbons (Fsp3) is 0.529. The smallest absolute Gasteiger partial charge is 0.312 e. The van der Waals surface area contributed by atoms with Crippen LogP contribution in [0.4, 0.5) is 0 Å². The van der Waals surface area contributed by atoms with Crippen LogP contribution in [0.2, 0.25) is 5.02 Å². The molecule has 0 spiro atoms. The predicted octanol–water partition coefficient (Wildman–Crippen LogP) is 2.79. The molecule has 2 rings (SSSR count). The molecule has 1 fully saturated rings. The lowest BCUT2D eigenvalue weighted by molar-refractivity contribution is -0.148. The monoisotopic (exact) mass is 322 g/mol. The van der Waals surface area contributed by atoms with Crippen molar-refractivity contribution < 1.29 is 9.59 Å². The van der Waals surface area contributed by atoms with Gasteiger partial charge in [0.1, 0.15) is 0 Å². The third-order valence-electron chi connectivity index (χ3n) is 4.14. The highest BCUT2D eigenvalue weighted by Gasteiger charge is 2.29. The lowest BCUT2D eigenvalue weighted by atomic mass is 10.00. The first-order valence-corrected chi connectivity index (χ1v) is 8.33. The third-order valence-corrected chi connectivity index (χ3v) is 4.38. The van der Waals surface area contributed by atoms with Crippen molar-refractivity contribution in [2.24, 2.45) is 0 Å². The van der Waals surface area contributed by atoms with Gasteiger partial charge in [0.25, 0.3) is 0 Å². The van der Waals surface area contributed by atoms with Gasteiger partial charge in [-0.05, 0) is 49.8 Å². The number of carbonyl (C=O) groups is 2. The largest absolute Gasteiger partial charge is 0.347 e. The van der Waals surface area contributed by atoms with Gasteiger partial charge in [0, 0.05) is 24.2 Å². The molecule has 0 aromatic heterocycles. The number of nitrogens with zero attached hydrogens (tertiary/aromatic N) is 1. The van der Waals surface area contributed by atoms with E-state index in [0.717, 1.165) is 31.2 Å². The molecule has 22 heavy (non-hydrogen) atoms. The SMILES string of the molecule is CCC1CCCCN1C(=O)C(=O)NCCc1cccc(Cl)c1. The van der Waals surface area contributed by atoms with Crippen LogP contribution in [0.5, 0.6) is 0 Å². The summed E-state index contributed by atoms with van der Waals surface area (Å²) in [4.78, 5) is 26.0. The quantitative estimate of drug-likeness (QED) is 0.867. The predicted molar refractivity (Wildman–Crippen MR) is 87.8 cm³/mol. The highest BCUT2D eigenvalue weighted by Crippen LogP contribution is 2.19. The summed E-state index contributed by atoms with van der Waals surface area (Å²) in [5, 5.41) is 3.40. The minimum absolute atomic E-state index is 0.208. The van der Waals surface area contributed by atoms with Gasteiger partial charge in [-0.25, -0.2) is 0 Å². The number of rotatable bonds is 4. The average molecular weight is 323 g/mol. The Bertz CT molecular complexity index is 533. The molecule has 1 aliphatic rings. The van der Waals surface area contributed by atoms with E-state index in [1.54, 1.807) is 4.90 Å². The molecule has 0 radical (unpaired) electrons. The zero-order valence-electron chi connectivity index (χ0n) is 13.0. The summed E-state index contributed by atoms with van der Waals surface area (Å²) in [5.41, 5.74) is 1.05. The zero-order valence-corrected chi connectivity index (χ0v) is 13.7. The fourth-order valence-corrected chi connectivity index (χ4v) is 3.12. The summed E-state index contributed by atoms with van der Waals surface area (Å²) in [6.45, 7) is 3.20. The van der Waals surface area contributed by atoms with Crippen LogP contribution in [0.3, 0.4) is 0 Å². The van der Waals surface area contributed by atoms with Crippen molar-refractivity contribution in [1.29, 1.82) is 0 Å². The van der Waals surface area contributed by atoms with Gasteiger partial charge in [-0.1, -0.05) is 30.7 Å². The number of benzene rings is 1. The van der Waals surface area contributed by atoms with E-state index in [2.05, 4.69) is 12.2 Å². The van der Waals surface area contributed by atoms with E-state index < -0.39 is 11.8 Å². The summed E-state index contributed by atoms with van der Waals surface area (Å²) in [6.07, 6.45) is 4.69. The van der Waals surface area contributed by atoms with Crippen molar-refractivity contribution in [3.8, 4) is 0 Å². The van der Waals surface area contributed by atoms with Crippen molar-refractivity contribution in [2.45, 2.75) is 45.1 Å². The number of hydrogen-bond donors (Lipinski definition) is 1. The standard InChI is InChI=1S/C17H23ClN2O2/c1-2-15-8-3-4-11-20(15)17(22)16(21)19-10-9-13-6-5-7-14(18)12-13/h5-7,12,15H,2-4,8-11H2,1H3,(H,19,21). The Kier molecular flexibility index (Phi) is 6.25. The van der Waals surface area contributed by atoms with E-state index in [1.807, 2.05) is 24.3 Å². The van der Waals surface area contributed by atoms with Gasteiger partial charge in [0.05, 0.1) is 0 Å². The maximum absolute atomic E-state index is 12.3. The normalized spacial score (nSPS) is 18.1. The number of likely N-dealkylation sites (tertiary alicyclic amines) is 1. The molecule has 120 valence electrons. The molecule has 1 aromatic rings. The fourth-order valence-electron chi connectivity index (χ4n) is 2.91. The number of hydrogen-bond acceptors (Lipinski definition) is 2. The second-order valence-corrected chi connectivity index (χ2v) is 6.13. The topological polar surface area (TPSA) is 49.4 Å². The summed E-state index contributed by atoms with van der Waals surface area (Å²) in [6, 6.07) is 7.73. The Balaban J connectivity index is 1.82. The summed E-state index contributed by atoms with van der Waals surface area (Å²) >= 11 is 5.92. The van der Waals surface area contributed by atoms with E-state index in [-0.39, 0.29) is 6.04 Å². The molecule has 1 N–H and O–H groups in total. The number of carbonyl (C=O) groups excluding carboxylic acids is 2. The van der Waals surface area contributed by atoms with Crippen LogP contribution in [0, 0.1) is 0 Å². The van der Waals surface area contributed by atoms with E-state index in [0.29, 0.717) is 24.5 Å². The zero-order chi connectivity index (χ0) is 15.9. The maximum Gasteiger partial charge on any atom is 0.312 e. The van der Waals surface area contributed by atoms with Gasteiger partial charge >= 0.3 is 11.8 Å². The van der Waals surface area contributed by atoms with Crippen LogP contribution in [-0.2, 0) is 16.0 Å². The molecule has 1 saturated heterocycles. The average Bonchev–Trinajstić information content (AvgIpc) is 2.54. The summed E-state index contributed by atoms with van der Waals surface area (Å²) < 4.78 is 0. The van der Waals surface area contributed by atoms with Crippen LogP contribution in [-0.4, -0.2) is 35.8 Å². The molecule has 5 heteroatoms. The van der Waals surface area contributed by atoms with Gasteiger partial charge in [-0.2, -0.15) is 0 Å². The minimum atomic E-state index is -0.498. The summed E-state index contributed by atoms with van der Waals surface area (Å²) in [5.74, 6) is -0.889. The molecule has 1 aromatic carbocycles. The van der Waals surface area contributed by atoms with E-state index in [1.165, 1.54) is 0 Å². The van der Waals surface area contributed by atoms with E-state index >= 15 is 0 Å². The van der Waals surface area contributed by atoms with Crippen molar-refractivity contribution in [2.75, 3.05) is 13.1 Å². The number of halogens is 1. The second-order valence-electron chi connectivity index (χ2n) is 5.69. The Morgan fingerprint density at radius 3 is 2.91 bits per heavy atom. The molecule has 0 bridgehead atoms. The molecule has 1 aliphatic heterocycles. The van der Waals surface area contributed by atoms with Gasteiger partial charge < -0.3 is 10.2 Å².